The number of nitrogens with zero attached hydrogens (tertiary/aromatic N) is 2. The highest BCUT2D eigenvalue weighted by molar-refractivity contribution is 7.99. The smallest absolute Gasteiger partial charge is 0.191 e. The normalized spacial score (nSPS) is 13.9. The van der Waals surface area contributed by atoms with Gasteiger partial charge in [0.2, 0.25) is 0 Å². The number of halogens is 1. The largest absolute Gasteiger partial charge is 0.357 e. The van der Waals surface area contributed by atoms with Gasteiger partial charge in [-0.25, -0.2) is 4.39 Å². The van der Waals surface area contributed by atoms with Gasteiger partial charge in [0.25, 0.3) is 0 Å². The number of benzene rings is 1. The number of likely N-dealkylation sites (N-methyl/N-ethyl adjacent to an activating group) is 1. The highest BCUT2D eigenvalue weighted by Gasteiger charge is 2.17. The van der Waals surface area contributed by atoms with Gasteiger partial charge in [0.05, 0.1) is 12.6 Å². The minimum atomic E-state index is -0.210. The molecule has 0 saturated carbocycles. The quantitative estimate of drug-likeness (QED) is 0.556. The van der Waals surface area contributed by atoms with Crippen LogP contribution >= 0.6 is 11.8 Å². The zero-order valence-corrected chi connectivity index (χ0v) is 16.5. The number of hydrogen-bond donors (Lipinski definition) is 2. The van der Waals surface area contributed by atoms with Crippen LogP contribution in [-0.4, -0.2) is 55.6 Å². The van der Waals surface area contributed by atoms with Crippen molar-refractivity contribution >= 4 is 17.7 Å². The summed E-state index contributed by atoms with van der Waals surface area (Å²) >= 11 is 1.81. The first-order valence-electron chi connectivity index (χ1n) is 8.28. The lowest BCUT2D eigenvalue weighted by molar-refractivity contribution is 0.298. The van der Waals surface area contributed by atoms with E-state index in [0.29, 0.717) is 6.54 Å². The van der Waals surface area contributed by atoms with E-state index in [1.807, 2.05) is 38.0 Å². The zero-order valence-electron chi connectivity index (χ0n) is 15.7. The average molecular weight is 355 g/mol. The Morgan fingerprint density at radius 2 is 1.88 bits per heavy atom. The topological polar surface area (TPSA) is 39.7 Å². The molecule has 0 fully saturated rings. The molecule has 24 heavy (non-hydrogen) atoms. The van der Waals surface area contributed by atoms with Crippen molar-refractivity contribution in [2.75, 3.05) is 40.0 Å². The lowest BCUT2D eigenvalue weighted by Crippen LogP contribution is -2.42. The Kier molecular flexibility index (Phi) is 8.56. The number of thioether (sulfide) groups is 1. The lowest BCUT2D eigenvalue weighted by atomic mass is 10.1. The van der Waals surface area contributed by atoms with Gasteiger partial charge in [-0.15, -0.1) is 0 Å². The van der Waals surface area contributed by atoms with E-state index in [0.717, 1.165) is 24.6 Å². The number of guanidine groups is 1. The second kappa shape index (κ2) is 9.89. The fourth-order valence-corrected chi connectivity index (χ4v) is 2.35. The number of aliphatic imine (C=N–C) groups is 1. The number of rotatable bonds is 8. The predicted molar refractivity (Wildman–Crippen MR) is 104 cm³/mol. The van der Waals surface area contributed by atoms with Gasteiger partial charge in [-0.3, -0.25) is 4.99 Å². The third-order valence-electron chi connectivity index (χ3n) is 3.86. The SMILES string of the molecule is CCNC(=NCC(C)(C)SC)NCC(c1ccc(F)cc1)N(C)C. The van der Waals surface area contributed by atoms with Crippen molar-refractivity contribution in [3.05, 3.63) is 35.6 Å². The predicted octanol–water partition coefficient (Wildman–Crippen LogP) is 3.13. The Morgan fingerprint density at radius 3 is 2.38 bits per heavy atom. The second-order valence-electron chi connectivity index (χ2n) is 6.57. The van der Waals surface area contributed by atoms with Crippen LogP contribution in [-0.2, 0) is 0 Å². The molecule has 1 atom stereocenters. The van der Waals surface area contributed by atoms with Crippen LogP contribution in [0.15, 0.2) is 29.3 Å². The molecule has 0 aliphatic heterocycles. The van der Waals surface area contributed by atoms with Crippen LogP contribution < -0.4 is 10.6 Å². The molecule has 1 aromatic rings. The Hall–Kier alpha value is -1.27. The summed E-state index contributed by atoms with van der Waals surface area (Å²) in [5.41, 5.74) is 1.08. The van der Waals surface area contributed by atoms with E-state index in [4.69, 9.17) is 4.99 Å². The maximum absolute atomic E-state index is 13.2. The fraction of sp³-hybridized carbons (Fsp3) is 0.611. The highest BCUT2D eigenvalue weighted by Crippen LogP contribution is 2.21. The Bertz CT molecular complexity index is 514. The second-order valence-corrected chi connectivity index (χ2v) is 8.08. The molecule has 4 nitrogen and oxygen atoms in total. The third-order valence-corrected chi connectivity index (χ3v) is 5.09. The van der Waals surface area contributed by atoms with E-state index in [-0.39, 0.29) is 16.6 Å². The summed E-state index contributed by atoms with van der Waals surface area (Å²) < 4.78 is 13.3. The standard InChI is InChI=1S/C18H31FN4S/c1-7-20-17(22-13-18(2,3)24-6)21-12-16(23(4)5)14-8-10-15(19)11-9-14/h8-11,16H,7,12-13H2,1-6H3,(H2,20,21,22). The van der Waals surface area contributed by atoms with Crippen molar-refractivity contribution in [2.45, 2.75) is 31.6 Å². The van der Waals surface area contributed by atoms with Gasteiger partial charge < -0.3 is 15.5 Å². The first kappa shape index (κ1) is 20.8. The maximum atomic E-state index is 13.2. The van der Waals surface area contributed by atoms with E-state index >= 15 is 0 Å². The van der Waals surface area contributed by atoms with Crippen LogP contribution in [0.25, 0.3) is 0 Å². The monoisotopic (exact) mass is 354 g/mol. The number of nitrogens with one attached hydrogen (secondary N) is 2. The first-order valence-corrected chi connectivity index (χ1v) is 9.50. The van der Waals surface area contributed by atoms with Gasteiger partial charge in [0.1, 0.15) is 5.82 Å². The summed E-state index contributed by atoms with van der Waals surface area (Å²) in [5, 5.41) is 6.69. The molecule has 0 radical (unpaired) electrons. The molecule has 0 bridgehead atoms. The van der Waals surface area contributed by atoms with Gasteiger partial charge >= 0.3 is 0 Å². The zero-order chi connectivity index (χ0) is 18.2. The number of hydrogen-bond acceptors (Lipinski definition) is 3. The molecule has 0 saturated heterocycles. The van der Waals surface area contributed by atoms with E-state index in [1.165, 1.54) is 12.1 Å². The molecule has 2 N–H and O–H groups in total. The van der Waals surface area contributed by atoms with Crippen LogP contribution in [0.5, 0.6) is 0 Å². The van der Waals surface area contributed by atoms with Gasteiger partial charge in [0.15, 0.2) is 5.96 Å². The Morgan fingerprint density at radius 1 is 1.25 bits per heavy atom. The van der Waals surface area contributed by atoms with Gasteiger partial charge in [-0.05, 0) is 58.8 Å². The first-order chi connectivity index (χ1) is 11.3. The van der Waals surface area contributed by atoms with E-state index in [2.05, 4.69) is 42.6 Å². The molecule has 1 aromatic carbocycles. The summed E-state index contributed by atoms with van der Waals surface area (Å²) in [6.07, 6.45) is 2.10. The van der Waals surface area contributed by atoms with E-state index in [9.17, 15) is 4.39 Å². The molecule has 0 amide bonds. The molecule has 0 aliphatic rings. The summed E-state index contributed by atoms with van der Waals surface area (Å²) in [5.74, 6) is 0.604. The molecule has 6 heteroatoms. The third kappa shape index (κ3) is 7.09. The Balaban J connectivity index is 2.78. The molecular formula is C18H31FN4S. The van der Waals surface area contributed by atoms with Crippen LogP contribution in [0.4, 0.5) is 4.39 Å². The molecule has 136 valence electrons. The van der Waals surface area contributed by atoms with Gasteiger partial charge in [0, 0.05) is 17.8 Å². The van der Waals surface area contributed by atoms with Gasteiger partial charge in [-0.2, -0.15) is 11.8 Å². The van der Waals surface area contributed by atoms with Crippen LogP contribution in [0.2, 0.25) is 0 Å². The minimum absolute atomic E-state index is 0.111. The summed E-state index contributed by atoms with van der Waals surface area (Å²) in [7, 11) is 4.05. The minimum Gasteiger partial charge on any atom is -0.357 e. The lowest BCUT2D eigenvalue weighted by Gasteiger charge is -2.26. The van der Waals surface area contributed by atoms with Crippen LogP contribution in [0.3, 0.4) is 0 Å². The summed E-state index contributed by atoms with van der Waals surface area (Å²) in [6, 6.07) is 6.83. The van der Waals surface area contributed by atoms with Crippen molar-refractivity contribution in [3.8, 4) is 0 Å². The molecule has 1 unspecified atom stereocenters. The molecular weight excluding hydrogens is 323 g/mol. The maximum Gasteiger partial charge on any atom is 0.191 e. The summed E-state index contributed by atoms with van der Waals surface area (Å²) in [6.45, 7) is 8.68. The van der Waals surface area contributed by atoms with E-state index < -0.39 is 0 Å². The molecule has 0 heterocycles. The Labute approximate surface area is 150 Å². The molecule has 0 aromatic heterocycles. The van der Waals surface area contributed by atoms with Crippen LogP contribution in [0.1, 0.15) is 32.4 Å². The summed E-state index contributed by atoms with van der Waals surface area (Å²) in [4.78, 5) is 6.81. The van der Waals surface area contributed by atoms with Crippen molar-refractivity contribution in [1.82, 2.24) is 15.5 Å². The average Bonchev–Trinajstić information content (AvgIpc) is 2.54. The molecule has 1 rings (SSSR count). The van der Waals surface area contributed by atoms with Crippen molar-refractivity contribution in [3.63, 3.8) is 0 Å². The van der Waals surface area contributed by atoms with Gasteiger partial charge in [-0.1, -0.05) is 12.1 Å². The van der Waals surface area contributed by atoms with Crippen molar-refractivity contribution in [1.29, 1.82) is 0 Å². The van der Waals surface area contributed by atoms with Crippen molar-refractivity contribution in [2.24, 2.45) is 4.99 Å². The molecule has 0 spiro atoms. The van der Waals surface area contributed by atoms with Crippen LogP contribution in [0, 0.1) is 5.82 Å². The van der Waals surface area contributed by atoms with E-state index in [1.54, 1.807) is 0 Å². The van der Waals surface area contributed by atoms with Crippen molar-refractivity contribution < 1.29 is 4.39 Å². The molecule has 0 aliphatic carbocycles. The highest BCUT2D eigenvalue weighted by atomic mass is 32.2. The fourth-order valence-electron chi connectivity index (χ4n) is 2.15.